The minimum atomic E-state index is 0.194. The Kier molecular flexibility index (Phi) is 1.82. The fraction of sp³-hybridized carbons (Fsp3) is 0.900. The second-order valence-corrected chi connectivity index (χ2v) is 4.52. The Labute approximate surface area is 83.8 Å². The summed E-state index contributed by atoms with van der Waals surface area (Å²) in [5.41, 5.74) is 0. The van der Waals surface area contributed by atoms with Gasteiger partial charge >= 0.3 is 0 Å². The van der Waals surface area contributed by atoms with Crippen LogP contribution in [0, 0.1) is 0 Å². The average molecular weight is 196 g/mol. The molecule has 14 heavy (non-hydrogen) atoms. The van der Waals surface area contributed by atoms with Crippen molar-refractivity contribution in [1.29, 1.82) is 0 Å². The van der Waals surface area contributed by atoms with Crippen molar-refractivity contribution in [1.82, 2.24) is 9.80 Å². The van der Waals surface area contributed by atoms with Crippen molar-refractivity contribution in [2.75, 3.05) is 19.6 Å². The van der Waals surface area contributed by atoms with Gasteiger partial charge in [-0.25, -0.2) is 0 Å². The molecule has 78 valence electrons. The fourth-order valence-corrected chi connectivity index (χ4v) is 3.04. The summed E-state index contributed by atoms with van der Waals surface area (Å²) in [6.07, 6.45) is 3.10. The van der Waals surface area contributed by atoms with Crippen molar-refractivity contribution in [3.05, 3.63) is 0 Å². The highest BCUT2D eigenvalue weighted by molar-refractivity contribution is 5.74. The van der Waals surface area contributed by atoms with E-state index in [1.54, 1.807) is 6.92 Å². The van der Waals surface area contributed by atoms with Crippen LogP contribution in [0.25, 0.3) is 0 Å². The molecule has 4 fully saturated rings. The molecule has 4 aliphatic heterocycles. The number of rotatable bonds is 0. The summed E-state index contributed by atoms with van der Waals surface area (Å²) in [5, 5.41) is 0. The second kappa shape index (κ2) is 2.94. The summed E-state index contributed by atoms with van der Waals surface area (Å²) in [5.74, 6) is 0.194. The summed E-state index contributed by atoms with van der Waals surface area (Å²) in [6.45, 7) is 4.61. The number of carbonyl (C=O) groups excluding carboxylic acids is 1. The van der Waals surface area contributed by atoms with Crippen LogP contribution in [-0.4, -0.2) is 53.7 Å². The van der Waals surface area contributed by atoms with Gasteiger partial charge in [-0.2, -0.15) is 0 Å². The maximum atomic E-state index is 11.5. The molecule has 0 aromatic carbocycles. The highest BCUT2D eigenvalue weighted by Crippen LogP contribution is 2.34. The third kappa shape index (κ3) is 1.10. The van der Waals surface area contributed by atoms with Crippen LogP contribution >= 0.6 is 0 Å². The number of piperidine rings is 1. The van der Waals surface area contributed by atoms with Crippen molar-refractivity contribution >= 4 is 5.91 Å². The monoisotopic (exact) mass is 196 g/mol. The molecule has 4 atom stereocenters. The largest absolute Gasteiger partial charge is 0.368 e. The zero-order valence-corrected chi connectivity index (χ0v) is 8.48. The van der Waals surface area contributed by atoms with E-state index >= 15 is 0 Å². The smallest absolute Gasteiger partial charge is 0.220 e. The maximum absolute atomic E-state index is 11.5. The van der Waals surface area contributed by atoms with Gasteiger partial charge in [0.05, 0.1) is 12.2 Å². The quantitative estimate of drug-likeness (QED) is 0.548. The number of carbonyl (C=O) groups is 1. The highest BCUT2D eigenvalue weighted by Gasteiger charge is 2.48. The number of fused-ring (bicyclic) bond motifs is 1. The Balaban J connectivity index is 1.89. The van der Waals surface area contributed by atoms with Crippen LogP contribution in [-0.2, 0) is 9.53 Å². The first-order chi connectivity index (χ1) is 6.75. The maximum Gasteiger partial charge on any atom is 0.220 e. The summed E-state index contributed by atoms with van der Waals surface area (Å²) >= 11 is 0. The van der Waals surface area contributed by atoms with Crippen LogP contribution in [0.2, 0.25) is 0 Å². The molecule has 0 saturated carbocycles. The molecule has 4 rings (SSSR count). The zero-order valence-electron chi connectivity index (χ0n) is 8.48. The molecule has 0 radical (unpaired) electrons. The van der Waals surface area contributed by atoms with Crippen LogP contribution < -0.4 is 0 Å². The van der Waals surface area contributed by atoms with E-state index in [2.05, 4.69) is 4.90 Å². The van der Waals surface area contributed by atoms with Gasteiger partial charge in [-0.3, -0.25) is 9.69 Å². The van der Waals surface area contributed by atoms with Gasteiger partial charge in [0.15, 0.2) is 0 Å². The van der Waals surface area contributed by atoms with E-state index in [4.69, 9.17) is 4.74 Å². The lowest BCUT2D eigenvalue weighted by Gasteiger charge is -2.57. The number of hydrogen-bond acceptors (Lipinski definition) is 3. The van der Waals surface area contributed by atoms with Gasteiger partial charge < -0.3 is 9.64 Å². The first-order valence-electron chi connectivity index (χ1n) is 5.42. The molecule has 0 aliphatic carbocycles. The molecule has 1 unspecified atom stereocenters. The topological polar surface area (TPSA) is 32.8 Å². The van der Waals surface area contributed by atoms with E-state index in [1.165, 1.54) is 6.42 Å². The van der Waals surface area contributed by atoms with Crippen molar-refractivity contribution in [2.45, 2.75) is 38.1 Å². The molecule has 0 N–H and O–H groups in total. The van der Waals surface area contributed by atoms with E-state index in [1.807, 2.05) is 4.90 Å². The van der Waals surface area contributed by atoms with E-state index in [9.17, 15) is 4.79 Å². The normalized spacial score (nSPS) is 45.4. The molecule has 4 bridgehead atoms. The van der Waals surface area contributed by atoms with Crippen molar-refractivity contribution in [2.24, 2.45) is 0 Å². The Morgan fingerprint density at radius 2 is 2.29 bits per heavy atom. The van der Waals surface area contributed by atoms with Crippen molar-refractivity contribution in [3.8, 4) is 0 Å². The molecular formula is C10H16N2O2. The molecule has 4 aliphatic rings. The van der Waals surface area contributed by atoms with Gasteiger partial charge in [-0.05, 0) is 12.8 Å². The summed E-state index contributed by atoms with van der Waals surface area (Å²) in [4.78, 5) is 15.9. The number of nitrogens with zero attached hydrogens (tertiary/aromatic N) is 2. The Morgan fingerprint density at radius 1 is 1.43 bits per heavy atom. The van der Waals surface area contributed by atoms with Gasteiger partial charge in [-0.15, -0.1) is 0 Å². The molecule has 0 spiro atoms. The second-order valence-electron chi connectivity index (χ2n) is 4.52. The number of morpholine rings is 2. The van der Waals surface area contributed by atoms with Gasteiger partial charge in [0.1, 0.15) is 6.17 Å². The van der Waals surface area contributed by atoms with Gasteiger partial charge in [-0.1, -0.05) is 0 Å². The molecular weight excluding hydrogens is 180 g/mol. The van der Waals surface area contributed by atoms with Gasteiger partial charge in [0.25, 0.3) is 0 Å². The molecule has 0 aromatic heterocycles. The summed E-state index contributed by atoms with van der Waals surface area (Å²) < 4.78 is 5.90. The standard InChI is InChI=1S/C10H16N2O2/c1-7(13)12-6-8-5-11-4-2-3-9(14-8)10(11)12/h8-10H,2-6H2,1H3/t8-,9+,10+/m1/s1. The molecule has 4 nitrogen and oxygen atoms in total. The number of hydrogen-bond donors (Lipinski definition) is 0. The lowest BCUT2D eigenvalue weighted by Crippen LogP contribution is -2.72. The van der Waals surface area contributed by atoms with Crippen LogP contribution in [0.1, 0.15) is 19.8 Å². The van der Waals surface area contributed by atoms with Gasteiger partial charge in [0.2, 0.25) is 5.91 Å². The minimum Gasteiger partial charge on any atom is -0.368 e. The number of ether oxygens (including phenoxy) is 1. The first-order valence-corrected chi connectivity index (χ1v) is 5.42. The van der Waals surface area contributed by atoms with E-state index < -0.39 is 0 Å². The van der Waals surface area contributed by atoms with Crippen molar-refractivity contribution in [3.63, 3.8) is 0 Å². The predicted molar refractivity (Wildman–Crippen MR) is 50.6 cm³/mol. The summed E-state index contributed by atoms with van der Waals surface area (Å²) in [7, 11) is 0. The third-order valence-electron chi connectivity index (χ3n) is 3.57. The predicted octanol–water partition coefficient (Wildman–Crippen LogP) is 0.0378. The lowest BCUT2D eigenvalue weighted by molar-refractivity contribution is -0.231. The SMILES string of the molecule is CC(=O)N1C[C@H]2CN3CCC[C@H](O2)[C@@H]31. The Bertz CT molecular complexity index is 255. The summed E-state index contributed by atoms with van der Waals surface area (Å²) in [6, 6.07) is 0. The van der Waals surface area contributed by atoms with Crippen LogP contribution in [0.3, 0.4) is 0 Å². The number of amides is 1. The highest BCUT2D eigenvalue weighted by atomic mass is 16.5. The first kappa shape index (κ1) is 8.68. The van der Waals surface area contributed by atoms with Crippen LogP contribution in [0.15, 0.2) is 0 Å². The Hall–Kier alpha value is -0.610. The molecule has 1 amide bonds. The molecule has 0 aromatic rings. The Morgan fingerprint density at radius 3 is 3.00 bits per heavy atom. The van der Waals surface area contributed by atoms with Crippen LogP contribution in [0.4, 0.5) is 0 Å². The molecule has 4 saturated heterocycles. The molecule has 4 heterocycles. The zero-order chi connectivity index (χ0) is 9.71. The third-order valence-corrected chi connectivity index (χ3v) is 3.57. The van der Waals surface area contributed by atoms with Crippen LogP contribution in [0.5, 0.6) is 0 Å². The minimum absolute atomic E-state index is 0.194. The fourth-order valence-electron chi connectivity index (χ4n) is 3.04. The lowest BCUT2D eigenvalue weighted by atomic mass is 9.95. The van der Waals surface area contributed by atoms with E-state index in [-0.39, 0.29) is 24.3 Å². The van der Waals surface area contributed by atoms with E-state index in [0.29, 0.717) is 0 Å². The van der Waals surface area contributed by atoms with E-state index in [0.717, 1.165) is 26.1 Å². The van der Waals surface area contributed by atoms with Gasteiger partial charge in [0, 0.05) is 26.6 Å². The van der Waals surface area contributed by atoms with Crippen molar-refractivity contribution < 1.29 is 9.53 Å². The average Bonchev–Trinajstić information content (AvgIpc) is 2.16. The molecule has 4 heteroatoms.